The Morgan fingerprint density at radius 1 is 1.35 bits per heavy atom. The standard InChI is InChI=1S/C8H8N4OS4/c9-5(13)3-15-7-11-12-8(17-7)16-4-6-10-1-2-14-6/h1-2H,3-4H2,(H2,9,13). The summed E-state index contributed by atoms with van der Waals surface area (Å²) < 4.78 is 1.65. The van der Waals surface area contributed by atoms with Crippen molar-refractivity contribution in [3.05, 3.63) is 16.6 Å². The molecular formula is C8H8N4OS4. The van der Waals surface area contributed by atoms with Crippen LogP contribution in [0.1, 0.15) is 5.01 Å². The van der Waals surface area contributed by atoms with Gasteiger partial charge in [-0.15, -0.1) is 21.5 Å². The van der Waals surface area contributed by atoms with Gasteiger partial charge in [-0.25, -0.2) is 4.98 Å². The number of rotatable bonds is 6. The molecule has 0 spiro atoms. The topological polar surface area (TPSA) is 81.8 Å². The maximum Gasteiger partial charge on any atom is 0.227 e. The number of nitrogens with zero attached hydrogens (tertiary/aromatic N) is 3. The summed E-state index contributed by atoms with van der Waals surface area (Å²) in [7, 11) is 0. The summed E-state index contributed by atoms with van der Waals surface area (Å²) in [6, 6.07) is 0. The highest BCUT2D eigenvalue weighted by Gasteiger charge is 2.07. The molecule has 2 heterocycles. The van der Waals surface area contributed by atoms with Crippen molar-refractivity contribution >= 4 is 52.1 Å². The van der Waals surface area contributed by atoms with Crippen molar-refractivity contribution in [1.29, 1.82) is 0 Å². The van der Waals surface area contributed by atoms with Gasteiger partial charge in [0.15, 0.2) is 8.68 Å². The van der Waals surface area contributed by atoms with E-state index in [1.54, 1.807) is 29.3 Å². The van der Waals surface area contributed by atoms with Gasteiger partial charge in [0.25, 0.3) is 0 Å². The Hall–Kier alpha value is -0.640. The Morgan fingerprint density at radius 2 is 2.12 bits per heavy atom. The SMILES string of the molecule is NC(=O)CSc1nnc(SCc2nccs2)s1. The van der Waals surface area contributed by atoms with Gasteiger partial charge >= 0.3 is 0 Å². The highest BCUT2D eigenvalue weighted by atomic mass is 32.2. The van der Waals surface area contributed by atoms with Gasteiger partial charge in [0, 0.05) is 11.6 Å². The summed E-state index contributed by atoms with van der Waals surface area (Å²) in [6.07, 6.45) is 1.79. The first-order valence-electron chi connectivity index (χ1n) is 4.50. The van der Waals surface area contributed by atoms with Gasteiger partial charge < -0.3 is 5.73 Å². The molecule has 0 bridgehead atoms. The van der Waals surface area contributed by atoms with E-state index in [-0.39, 0.29) is 11.7 Å². The van der Waals surface area contributed by atoms with Crippen LogP contribution in [0.15, 0.2) is 20.3 Å². The minimum Gasteiger partial charge on any atom is -0.369 e. The molecule has 0 saturated carbocycles. The third-order valence-corrected chi connectivity index (χ3v) is 5.71. The molecule has 0 aliphatic rings. The molecule has 2 aromatic rings. The number of carbonyl (C=O) groups is 1. The summed E-state index contributed by atoms with van der Waals surface area (Å²) in [5.41, 5.74) is 5.05. The van der Waals surface area contributed by atoms with Crippen LogP contribution in [0, 0.1) is 0 Å². The molecular weight excluding hydrogens is 296 g/mol. The number of amides is 1. The Labute approximate surface area is 114 Å². The zero-order chi connectivity index (χ0) is 12.1. The fourth-order valence-electron chi connectivity index (χ4n) is 0.894. The second-order valence-electron chi connectivity index (χ2n) is 2.80. The van der Waals surface area contributed by atoms with Crippen molar-refractivity contribution < 1.29 is 4.79 Å². The molecule has 5 nitrogen and oxygen atoms in total. The van der Waals surface area contributed by atoms with Gasteiger partial charge in [-0.05, 0) is 0 Å². The summed E-state index contributed by atoms with van der Waals surface area (Å²) in [4.78, 5) is 14.8. The van der Waals surface area contributed by atoms with Gasteiger partial charge in [-0.2, -0.15) is 0 Å². The molecule has 0 aliphatic heterocycles. The first-order chi connectivity index (χ1) is 8.24. The highest BCUT2D eigenvalue weighted by Crippen LogP contribution is 2.30. The van der Waals surface area contributed by atoms with Crippen LogP contribution in [0.4, 0.5) is 0 Å². The first kappa shape index (κ1) is 12.8. The van der Waals surface area contributed by atoms with Crippen LogP contribution in [0.3, 0.4) is 0 Å². The van der Waals surface area contributed by atoms with Crippen molar-refractivity contribution in [1.82, 2.24) is 15.2 Å². The molecule has 2 N–H and O–H groups in total. The summed E-state index contributed by atoms with van der Waals surface area (Å²) >= 11 is 6.00. The lowest BCUT2D eigenvalue weighted by atomic mass is 10.8. The average molecular weight is 304 g/mol. The van der Waals surface area contributed by atoms with Crippen LogP contribution in [-0.2, 0) is 10.5 Å². The lowest BCUT2D eigenvalue weighted by molar-refractivity contribution is -0.115. The maximum absolute atomic E-state index is 10.6. The summed E-state index contributed by atoms with van der Waals surface area (Å²) in [5.74, 6) is 0.695. The largest absolute Gasteiger partial charge is 0.369 e. The predicted molar refractivity (Wildman–Crippen MR) is 71.5 cm³/mol. The van der Waals surface area contributed by atoms with E-state index in [1.165, 1.54) is 23.1 Å². The molecule has 1 amide bonds. The average Bonchev–Trinajstić information content (AvgIpc) is 2.95. The van der Waals surface area contributed by atoms with E-state index in [1.807, 2.05) is 5.38 Å². The van der Waals surface area contributed by atoms with Crippen molar-refractivity contribution in [3.63, 3.8) is 0 Å². The van der Waals surface area contributed by atoms with Crippen LogP contribution in [0.5, 0.6) is 0 Å². The fourth-order valence-corrected chi connectivity index (χ4v) is 4.30. The Kier molecular flexibility index (Phi) is 4.77. The van der Waals surface area contributed by atoms with Crippen LogP contribution in [0.2, 0.25) is 0 Å². The molecule has 0 radical (unpaired) electrons. The van der Waals surface area contributed by atoms with Crippen LogP contribution >= 0.6 is 46.2 Å². The number of carbonyl (C=O) groups excluding carboxylic acids is 1. The third-order valence-electron chi connectivity index (χ3n) is 1.53. The van der Waals surface area contributed by atoms with E-state index in [9.17, 15) is 4.79 Å². The zero-order valence-corrected chi connectivity index (χ0v) is 11.8. The number of thiazole rings is 1. The maximum atomic E-state index is 10.6. The number of hydrogen-bond donors (Lipinski definition) is 1. The van der Waals surface area contributed by atoms with E-state index >= 15 is 0 Å². The Balaban J connectivity index is 1.83. The van der Waals surface area contributed by atoms with E-state index in [0.29, 0.717) is 0 Å². The van der Waals surface area contributed by atoms with Gasteiger partial charge in [0.2, 0.25) is 5.91 Å². The normalized spacial score (nSPS) is 10.6. The minimum absolute atomic E-state index is 0.242. The molecule has 0 fully saturated rings. The highest BCUT2D eigenvalue weighted by molar-refractivity contribution is 8.03. The van der Waals surface area contributed by atoms with E-state index in [2.05, 4.69) is 15.2 Å². The number of nitrogens with two attached hydrogens (primary N) is 1. The summed E-state index contributed by atoms with van der Waals surface area (Å²) in [6.45, 7) is 0. The van der Waals surface area contributed by atoms with E-state index in [4.69, 9.17) is 5.73 Å². The third kappa shape index (κ3) is 4.26. The van der Waals surface area contributed by atoms with Crippen molar-refractivity contribution in [2.45, 2.75) is 14.4 Å². The zero-order valence-electron chi connectivity index (χ0n) is 8.53. The van der Waals surface area contributed by atoms with Gasteiger partial charge in [-0.3, -0.25) is 4.79 Å². The number of thioether (sulfide) groups is 2. The molecule has 90 valence electrons. The second kappa shape index (κ2) is 6.34. The molecule has 0 aliphatic carbocycles. The smallest absolute Gasteiger partial charge is 0.227 e. The predicted octanol–water partition coefficient (Wildman–Crippen LogP) is 1.86. The number of aromatic nitrogens is 3. The first-order valence-corrected chi connectivity index (χ1v) is 8.16. The van der Waals surface area contributed by atoms with Crippen molar-refractivity contribution in [2.75, 3.05) is 5.75 Å². The molecule has 2 aromatic heterocycles. The van der Waals surface area contributed by atoms with E-state index < -0.39 is 0 Å². The lowest BCUT2D eigenvalue weighted by Gasteiger charge is -1.91. The van der Waals surface area contributed by atoms with Crippen LogP contribution in [-0.4, -0.2) is 26.8 Å². The summed E-state index contributed by atoms with van der Waals surface area (Å²) in [5, 5.41) is 11.0. The minimum atomic E-state index is -0.345. The van der Waals surface area contributed by atoms with Crippen molar-refractivity contribution in [2.24, 2.45) is 5.73 Å². The molecule has 17 heavy (non-hydrogen) atoms. The molecule has 0 unspecified atom stereocenters. The van der Waals surface area contributed by atoms with E-state index in [0.717, 1.165) is 19.4 Å². The number of primary amides is 1. The van der Waals surface area contributed by atoms with Gasteiger partial charge in [-0.1, -0.05) is 34.9 Å². The molecule has 0 aromatic carbocycles. The fraction of sp³-hybridized carbons (Fsp3) is 0.250. The molecule has 2 rings (SSSR count). The Bertz CT molecular complexity index is 483. The van der Waals surface area contributed by atoms with Gasteiger partial charge in [0.05, 0.1) is 11.5 Å². The van der Waals surface area contributed by atoms with Gasteiger partial charge in [0.1, 0.15) is 5.01 Å². The van der Waals surface area contributed by atoms with Crippen LogP contribution in [0.25, 0.3) is 0 Å². The van der Waals surface area contributed by atoms with Crippen LogP contribution < -0.4 is 5.73 Å². The number of hydrogen-bond acceptors (Lipinski definition) is 8. The quantitative estimate of drug-likeness (QED) is 0.820. The Morgan fingerprint density at radius 3 is 2.76 bits per heavy atom. The second-order valence-corrected chi connectivity index (χ2v) is 7.20. The monoisotopic (exact) mass is 304 g/mol. The molecule has 9 heteroatoms. The molecule has 0 saturated heterocycles. The molecule has 0 atom stereocenters. The lowest BCUT2D eigenvalue weighted by Crippen LogP contribution is -2.12. The van der Waals surface area contributed by atoms with Crippen molar-refractivity contribution in [3.8, 4) is 0 Å².